The van der Waals surface area contributed by atoms with Crippen molar-refractivity contribution in [2.45, 2.75) is 53.4 Å². The number of rotatable bonds is 6. The van der Waals surface area contributed by atoms with E-state index < -0.39 is 18.8 Å². The molecule has 0 spiro atoms. The molecule has 0 aromatic carbocycles. The molecule has 0 atom stereocenters. The van der Waals surface area contributed by atoms with Gasteiger partial charge in [0, 0.05) is 42.7 Å². The molecular formula is C19H25BF2N4O2. The minimum absolute atomic E-state index is 0.116. The molecule has 3 rings (SSSR count). The van der Waals surface area contributed by atoms with Crippen LogP contribution < -0.4 is 11.5 Å². The normalized spacial score (nSPS) is 17.6. The van der Waals surface area contributed by atoms with Gasteiger partial charge in [0.05, 0.1) is 0 Å². The summed E-state index contributed by atoms with van der Waals surface area (Å²) < 4.78 is 33.5. The van der Waals surface area contributed by atoms with E-state index in [0.29, 0.717) is 35.6 Å². The van der Waals surface area contributed by atoms with Gasteiger partial charge < -0.3 is 29.1 Å². The summed E-state index contributed by atoms with van der Waals surface area (Å²) in [7, 11) is 0. The summed E-state index contributed by atoms with van der Waals surface area (Å²) in [4.78, 5) is 22.3. The molecule has 9 heteroatoms. The molecule has 150 valence electrons. The predicted octanol–water partition coefficient (Wildman–Crippen LogP) is 2.17. The Morgan fingerprint density at radius 2 is 1.64 bits per heavy atom. The fourth-order valence-corrected chi connectivity index (χ4v) is 4.50. The predicted molar refractivity (Wildman–Crippen MR) is 105 cm³/mol. The van der Waals surface area contributed by atoms with E-state index in [1.807, 2.05) is 0 Å². The van der Waals surface area contributed by atoms with Crippen LogP contribution in [0, 0.1) is 13.8 Å². The molecule has 4 N–H and O–H groups in total. The fraction of sp³-hybridized carbons (Fsp3) is 0.421. The Labute approximate surface area is 162 Å². The second-order valence-corrected chi connectivity index (χ2v) is 7.55. The van der Waals surface area contributed by atoms with Crippen LogP contribution in [-0.2, 0) is 16.0 Å². The maximum Gasteiger partial charge on any atom is 0.737 e. The average molecular weight is 390 g/mol. The Balaban J connectivity index is 2.16. The number of hydrogen-bond donors (Lipinski definition) is 2. The van der Waals surface area contributed by atoms with Crippen molar-refractivity contribution in [3.8, 4) is 0 Å². The van der Waals surface area contributed by atoms with Crippen molar-refractivity contribution >= 4 is 30.6 Å². The van der Waals surface area contributed by atoms with E-state index in [1.165, 1.54) is 0 Å². The van der Waals surface area contributed by atoms with Gasteiger partial charge in [-0.15, -0.1) is 0 Å². The van der Waals surface area contributed by atoms with Gasteiger partial charge in [0.1, 0.15) is 5.71 Å². The average Bonchev–Trinajstić information content (AvgIpc) is 2.96. The summed E-state index contributed by atoms with van der Waals surface area (Å²) in [5.41, 5.74) is 15.2. The number of nitrogens with two attached hydrogens (primary N) is 2. The lowest BCUT2D eigenvalue weighted by Gasteiger charge is -2.30. The Morgan fingerprint density at radius 1 is 1.07 bits per heavy atom. The van der Waals surface area contributed by atoms with Gasteiger partial charge in [-0.3, -0.25) is 9.59 Å². The number of fused-ring (bicyclic) bond motifs is 2. The standard InChI is InChI=1S/C19H25BF2N4O2/c1-10-14(5-7-18(23)27)12(3)25-16(10)9-17-11(2)15(6-8-19(24)28)13(4)26(17)20(25,21)22/h9H,5-8H2,1-4H3,(H2,23,27)(H2,24,28). The first-order valence-electron chi connectivity index (χ1n) is 9.32. The maximum absolute atomic E-state index is 15.7. The van der Waals surface area contributed by atoms with Crippen LogP contribution in [-0.4, -0.2) is 33.5 Å². The molecule has 0 unspecified atom stereocenters. The Kier molecular flexibility index (Phi) is 4.81. The van der Waals surface area contributed by atoms with Crippen molar-refractivity contribution < 1.29 is 22.7 Å². The third kappa shape index (κ3) is 2.89. The van der Waals surface area contributed by atoms with E-state index in [0.717, 1.165) is 31.2 Å². The summed E-state index contributed by atoms with van der Waals surface area (Å²) in [6.45, 7) is 2.80. The van der Waals surface area contributed by atoms with Gasteiger partial charge in [-0.2, -0.15) is 0 Å². The summed E-state index contributed by atoms with van der Waals surface area (Å²) in [5.74, 6) is -0.914. The van der Waals surface area contributed by atoms with Gasteiger partial charge in [-0.05, 0) is 50.4 Å². The van der Waals surface area contributed by atoms with Gasteiger partial charge in [-0.25, -0.2) is 0 Å². The van der Waals surface area contributed by atoms with E-state index >= 15 is 8.63 Å². The van der Waals surface area contributed by atoms with Crippen molar-refractivity contribution in [2.24, 2.45) is 11.5 Å². The van der Waals surface area contributed by atoms with Crippen molar-refractivity contribution in [2.75, 3.05) is 0 Å². The van der Waals surface area contributed by atoms with Crippen LogP contribution in [0.2, 0.25) is 0 Å². The smallest absolute Gasteiger partial charge is 0.394 e. The summed E-state index contributed by atoms with van der Waals surface area (Å²) >= 11 is 0. The SMILES string of the molecule is CC1=C(CCC(N)=O)C(C)=[N+]2C1=Cc1c(C)c(CCC(N)=O)c(C)n1[B-]2(F)F. The van der Waals surface area contributed by atoms with Gasteiger partial charge in [0.25, 0.3) is 0 Å². The van der Waals surface area contributed by atoms with Crippen LogP contribution in [0.5, 0.6) is 0 Å². The molecule has 2 aliphatic rings. The molecule has 0 fully saturated rings. The first-order valence-corrected chi connectivity index (χ1v) is 9.32. The number of halogens is 2. The second kappa shape index (κ2) is 6.72. The molecule has 1 aromatic heterocycles. The van der Waals surface area contributed by atoms with Crippen LogP contribution in [0.1, 0.15) is 55.6 Å². The van der Waals surface area contributed by atoms with E-state index in [1.54, 1.807) is 33.8 Å². The molecule has 28 heavy (non-hydrogen) atoms. The lowest BCUT2D eigenvalue weighted by atomic mass is 9.89. The number of nitrogens with zero attached hydrogens (tertiary/aromatic N) is 2. The van der Waals surface area contributed by atoms with Gasteiger partial charge >= 0.3 is 6.97 Å². The number of primary amides is 2. The van der Waals surface area contributed by atoms with E-state index in [4.69, 9.17) is 11.5 Å². The first-order chi connectivity index (χ1) is 13.0. The first kappa shape index (κ1) is 20.0. The number of carbonyl (C=O) groups is 2. The molecule has 2 aliphatic heterocycles. The van der Waals surface area contributed by atoms with Crippen molar-refractivity contribution in [1.82, 2.24) is 4.48 Å². The molecule has 0 aliphatic carbocycles. The van der Waals surface area contributed by atoms with Gasteiger partial charge in [0.2, 0.25) is 11.8 Å². The molecular weight excluding hydrogens is 365 g/mol. The number of hydrogen-bond acceptors (Lipinski definition) is 2. The zero-order chi connectivity index (χ0) is 21.0. The van der Waals surface area contributed by atoms with Gasteiger partial charge in [-0.1, -0.05) is 0 Å². The molecule has 6 nitrogen and oxygen atoms in total. The highest BCUT2D eigenvalue weighted by atomic mass is 19.2. The van der Waals surface area contributed by atoms with Crippen LogP contribution in [0.3, 0.4) is 0 Å². The highest BCUT2D eigenvalue weighted by molar-refractivity contribution is 6.58. The fourth-order valence-electron chi connectivity index (χ4n) is 4.50. The van der Waals surface area contributed by atoms with E-state index in [-0.39, 0.29) is 12.8 Å². The highest BCUT2D eigenvalue weighted by Crippen LogP contribution is 2.41. The van der Waals surface area contributed by atoms with Crippen molar-refractivity contribution in [1.29, 1.82) is 0 Å². The molecule has 2 amide bonds. The highest BCUT2D eigenvalue weighted by Gasteiger charge is 2.54. The maximum atomic E-state index is 15.7. The van der Waals surface area contributed by atoms with Crippen LogP contribution >= 0.6 is 0 Å². The number of amides is 2. The molecule has 0 bridgehead atoms. The summed E-state index contributed by atoms with van der Waals surface area (Å²) in [5, 5.41) is 0. The second-order valence-electron chi connectivity index (χ2n) is 7.55. The molecule has 0 radical (unpaired) electrons. The third-order valence-electron chi connectivity index (χ3n) is 5.93. The van der Waals surface area contributed by atoms with Crippen LogP contribution in [0.25, 0.3) is 6.08 Å². The minimum Gasteiger partial charge on any atom is -0.394 e. The van der Waals surface area contributed by atoms with Crippen molar-refractivity contribution in [3.05, 3.63) is 39.4 Å². The Morgan fingerprint density at radius 3 is 2.21 bits per heavy atom. The van der Waals surface area contributed by atoms with E-state index in [9.17, 15) is 9.59 Å². The Hall–Kier alpha value is -2.71. The number of allylic oxidation sites excluding steroid dienone is 2. The number of aromatic nitrogens is 1. The zero-order valence-electron chi connectivity index (χ0n) is 16.6. The molecule has 0 saturated heterocycles. The topological polar surface area (TPSA) is 94.1 Å². The summed E-state index contributed by atoms with van der Waals surface area (Å²) in [6.07, 6.45) is 2.68. The monoisotopic (exact) mass is 390 g/mol. The van der Waals surface area contributed by atoms with Crippen molar-refractivity contribution in [3.63, 3.8) is 0 Å². The molecule has 1 aromatic rings. The van der Waals surface area contributed by atoms with Gasteiger partial charge in [0.15, 0.2) is 5.70 Å². The molecule has 3 heterocycles. The zero-order valence-corrected chi connectivity index (χ0v) is 16.6. The summed E-state index contributed by atoms with van der Waals surface area (Å²) in [6, 6.07) is 0. The molecule has 0 saturated carbocycles. The lowest BCUT2D eigenvalue weighted by Crippen LogP contribution is -2.50. The van der Waals surface area contributed by atoms with Crippen LogP contribution in [0.4, 0.5) is 8.63 Å². The largest absolute Gasteiger partial charge is 0.737 e. The third-order valence-corrected chi connectivity index (χ3v) is 5.93. The van der Waals surface area contributed by atoms with E-state index in [2.05, 4.69) is 0 Å². The Bertz CT molecular complexity index is 1000. The lowest BCUT2D eigenvalue weighted by molar-refractivity contribution is -0.363. The minimum atomic E-state index is -4.11. The quantitative estimate of drug-likeness (QED) is 0.729. The number of carbonyl (C=O) groups excluding carboxylic acids is 2. The van der Waals surface area contributed by atoms with Crippen LogP contribution in [0.15, 0.2) is 16.8 Å².